The number of hydrogen-bond acceptors (Lipinski definition) is 3. The van der Waals surface area contributed by atoms with Gasteiger partial charge in [0.2, 0.25) is 5.91 Å². The van der Waals surface area contributed by atoms with Crippen molar-refractivity contribution in [2.45, 2.75) is 26.2 Å². The number of hydrogen-bond donors (Lipinski definition) is 2. The zero-order valence-corrected chi connectivity index (χ0v) is 14.4. The summed E-state index contributed by atoms with van der Waals surface area (Å²) < 4.78 is 0. The second-order valence-corrected chi connectivity index (χ2v) is 6.16. The molecule has 6 heteroatoms. The number of nitrogens with one attached hydrogen (secondary N) is 1. The van der Waals surface area contributed by atoms with Crippen LogP contribution in [0.4, 0.5) is 0 Å². The number of piperidine rings is 1. The Morgan fingerprint density at radius 2 is 2.00 bits per heavy atom. The molecule has 128 valence electrons. The first-order chi connectivity index (χ1) is 10.6. The van der Waals surface area contributed by atoms with Crippen molar-refractivity contribution in [3.63, 3.8) is 0 Å². The minimum absolute atomic E-state index is 0. The Morgan fingerprint density at radius 1 is 1.30 bits per heavy atom. The average Bonchev–Trinajstić information content (AvgIpc) is 2.55. The lowest BCUT2D eigenvalue weighted by atomic mass is 9.80. The molecule has 1 unspecified atom stereocenters. The normalized spacial score (nSPS) is 20.5. The molecule has 0 radical (unpaired) electrons. The van der Waals surface area contributed by atoms with Gasteiger partial charge < -0.3 is 16.0 Å². The molecular formula is C17H26ClN3O2. The van der Waals surface area contributed by atoms with E-state index in [1.54, 1.807) is 4.90 Å². The van der Waals surface area contributed by atoms with Gasteiger partial charge in [0.15, 0.2) is 0 Å². The minimum atomic E-state index is -0.517. The van der Waals surface area contributed by atoms with Crippen molar-refractivity contribution in [1.29, 1.82) is 0 Å². The summed E-state index contributed by atoms with van der Waals surface area (Å²) in [6.07, 6.45) is 2.42. The average molecular weight is 340 g/mol. The molecule has 1 fully saturated rings. The van der Waals surface area contributed by atoms with Gasteiger partial charge in [0.25, 0.3) is 5.91 Å². The van der Waals surface area contributed by atoms with Crippen molar-refractivity contribution in [2.24, 2.45) is 11.1 Å². The molecule has 1 aliphatic heterocycles. The van der Waals surface area contributed by atoms with E-state index >= 15 is 0 Å². The van der Waals surface area contributed by atoms with E-state index in [2.05, 4.69) is 5.32 Å². The van der Waals surface area contributed by atoms with Gasteiger partial charge in [-0.3, -0.25) is 9.59 Å². The van der Waals surface area contributed by atoms with Gasteiger partial charge in [-0.05, 0) is 44.9 Å². The maximum atomic E-state index is 12.5. The Morgan fingerprint density at radius 3 is 2.65 bits per heavy atom. The van der Waals surface area contributed by atoms with Crippen LogP contribution in [0.1, 0.15) is 36.5 Å². The fourth-order valence-corrected chi connectivity index (χ4v) is 2.88. The Labute approximate surface area is 144 Å². The third-order valence-electron chi connectivity index (χ3n) is 4.22. The SMILES string of the molecule is CC1(C(=O)NCCCN)CCCN(C(=O)c2ccccc2)C1.Cl. The Kier molecular flexibility index (Phi) is 7.52. The largest absolute Gasteiger partial charge is 0.356 e. The summed E-state index contributed by atoms with van der Waals surface area (Å²) in [5.74, 6) is 0.0211. The summed E-state index contributed by atoms with van der Waals surface area (Å²) in [5.41, 5.74) is 5.61. The summed E-state index contributed by atoms with van der Waals surface area (Å²) in [5, 5.41) is 2.94. The predicted octanol–water partition coefficient (Wildman–Crippen LogP) is 1.82. The summed E-state index contributed by atoms with van der Waals surface area (Å²) in [4.78, 5) is 26.8. The molecule has 3 N–H and O–H groups in total. The van der Waals surface area contributed by atoms with E-state index in [0.717, 1.165) is 19.3 Å². The van der Waals surface area contributed by atoms with Gasteiger partial charge >= 0.3 is 0 Å². The maximum Gasteiger partial charge on any atom is 0.253 e. The molecule has 2 amide bonds. The van der Waals surface area contributed by atoms with E-state index < -0.39 is 5.41 Å². The molecule has 2 rings (SSSR count). The standard InChI is InChI=1S/C17H25N3O2.ClH/c1-17(16(22)19-11-6-10-18)9-5-12-20(13-17)15(21)14-7-3-2-4-8-14;/h2-4,7-8H,5-6,9-13,18H2,1H3,(H,19,22);1H. The van der Waals surface area contributed by atoms with Crippen molar-refractivity contribution in [3.05, 3.63) is 35.9 Å². The quantitative estimate of drug-likeness (QED) is 0.803. The van der Waals surface area contributed by atoms with Crippen LogP contribution in [0.25, 0.3) is 0 Å². The number of halogens is 1. The van der Waals surface area contributed by atoms with Gasteiger partial charge in [0.1, 0.15) is 0 Å². The summed E-state index contributed by atoms with van der Waals surface area (Å²) in [7, 11) is 0. The number of nitrogens with zero attached hydrogens (tertiary/aromatic N) is 1. The van der Waals surface area contributed by atoms with Crippen LogP contribution >= 0.6 is 12.4 Å². The highest BCUT2D eigenvalue weighted by atomic mass is 35.5. The highest BCUT2D eigenvalue weighted by molar-refractivity contribution is 5.95. The van der Waals surface area contributed by atoms with Crippen LogP contribution in [0, 0.1) is 5.41 Å². The number of rotatable bonds is 5. The van der Waals surface area contributed by atoms with Crippen molar-refractivity contribution in [3.8, 4) is 0 Å². The molecule has 1 heterocycles. The van der Waals surface area contributed by atoms with Gasteiger partial charge in [-0.15, -0.1) is 12.4 Å². The zero-order chi connectivity index (χ0) is 16.0. The van der Waals surface area contributed by atoms with Crippen molar-refractivity contribution in [1.82, 2.24) is 10.2 Å². The first kappa shape index (κ1) is 19.5. The minimum Gasteiger partial charge on any atom is -0.356 e. The fourth-order valence-electron chi connectivity index (χ4n) is 2.88. The van der Waals surface area contributed by atoms with E-state index in [9.17, 15) is 9.59 Å². The number of carbonyl (C=O) groups is 2. The van der Waals surface area contributed by atoms with Gasteiger partial charge in [-0.2, -0.15) is 0 Å². The van der Waals surface area contributed by atoms with Crippen LogP contribution in [0.15, 0.2) is 30.3 Å². The molecule has 1 aromatic carbocycles. The first-order valence-corrected chi connectivity index (χ1v) is 7.89. The number of nitrogens with two attached hydrogens (primary N) is 1. The van der Waals surface area contributed by atoms with Crippen molar-refractivity contribution < 1.29 is 9.59 Å². The van der Waals surface area contributed by atoms with E-state index in [-0.39, 0.29) is 24.2 Å². The van der Waals surface area contributed by atoms with Gasteiger partial charge in [0.05, 0.1) is 5.41 Å². The zero-order valence-electron chi connectivity index (χ0n) is 13.6. The third-order valence-corrected chi connectivity index (χ3v) is 4.22. The van der Waals surface area contributed by atoms with Crippen molar-refractivity contribution >= 4 is 24.2 Å². The lowest BCUT2D eigenvalue weighted by Crippen LogP contribution is -2.52. The van der Waals surface area contributed by atoms with Crippen LogP contribution in [0.5, 0.6) is 0 Å². The monoisotopic (exact) mass is 339 g/mol. The Balaban J connectivity index is 0.00000264. The highest BCUT2D eigenvalue weighted by Crippen LogP contribution is 2.30. The van der Waals surface area contributed by atoms with Gasteiger partial charge in [0, 0.05) is 25.2 Å². The van der Waals surface area contributed by atoms with E-state index in [1.807, 2.05) is 37.3 Å². The number of amides is 2. The molecule has 1 atom stereocenters. The Bertz CT molecular complexity index is 524. The van der Waals surface area contributed by atoms with E-state index in [4.69, 9.17) is 5.73 Å². The molecule has 0 bridgehead atoms. The highest BCUT2D eigenvalue weighted by Gasteiger charge is 2.39. The van der Waals surface area contributed by atoms with E-state index in [0.29, 0.717) is 31.7 Å². The predicted molar refractivity (Wildman–Crippen MR) is 93.6 cm³/mol. The molecule has 1 aliphatic rings. The molecule has 1 saturated heterocycles. The molecule has 5 nitrogen and oxygen atoms in total. The van der Waals surface area contributed by atoms with Crippen LogP contribution in [-0.2, 0) is 4.79 Å². The molecule has 1 aromatic rings. The lowest BCUT2D eigenvalue weighted by Gasteiger charge is -2.39. The number of benzene rings is 1. The van der Waals surface area contributed by atoms with Crippen LogP contribution in [0.3, 0.4) is 0 Å². The second kappa shape index (κ2) is 8.89. The maximum absolute atomic E-state index is 12.5. The molecule has 0 aromatic heterocycles. The van der Waals surface area contributed by atoms with Gasteiger partial charge in [-0.25, -0.2) is 0 Å². The molecule has 0 spiro atoms. The topological polar surface area (TPSA) is 75.4 Å². The Hall–Kier alpha value is -1.59. The third kappa shape index (κ3) is 4.94. The van der Waals surface area contributed by atoms with Crippen LogP contribution in [0.2, 0.25) is 0 Å². The molecule has 23 heavy (non-hydrogen) atoms. The summed E-state index contributed by atoms with van der Waals surface area (Å²) in [6.45, 7) is 4.27. The van der Waals surface area contributed by atoms with Crippen LogP contribution in [-0.4, -0.2) is 42.9 Å². The van der Waals surface area contributed by atoms with Crippen molar-refractivity contribution in [2.75, 3.05) is 26.2 Å². The second-order valence-electron chi connectivity index (χ2n) is 6.16. The molecular weight excluding hydrogens is 314 g/mol. The smallest absolute Gasteiger partial charge is 0.253 e. The number of carbonyl (C=O) groups excluding carboxylic acids is 2. The number of likely N-dealkylation sites (tertiary alicyclic amines) is 1. The summed E-state index contributed by atoms with van der Waals surface area (Å²) >= 11 is 0. The lowest BCUT2D eigenvalue weighted by molar-refractivity contribution is -0.132. The van der Waals surface area contributed by atoms with Crippen LogP contribution < -0.4 is 11.1 Å². The molecule has 0 saturated carbocycles. The van der Waals surface area contributed by atoms with E-state index in [1.165, 1.54) is 0 Å². The molecule has 0 aliphatic carbocycles. The first-order valence-electron chi connectivity index (χ1n) is 7.89. The summed E-state index contributed by atoms with van der Waals surface area (Å²) in [6, 6.07) is 9.24. The fraction of sp³-hybridized carbons (Fsp3) is 0.529. The van der Waals surface area contributed by atoms with Gasteiger partial charge in [-0.1, -0.05) is 18.2 Å².